The van der Waals surface area contributed by atoms with Crippen molar-refractivity contribution < 1.29 is 158 Å². The quantitative estimate of drug-likeness (QED) is 0.0525. The molecule has 2 unspecified atom stereocenters. The van der Waals surface area contributed by atoms with Crippen molar-refractivity contribution in [2.24, 2.45) is 0 Å². The van der Waals surface area contributed by atoms with E-state index in [1.54, 1.807) is 0 Å². The van der Waals surface area contributed by atoms with Gasteiger partial charge < -0.3 is 26.6 Å². The highest BCUT2D eigenvalue weighted by Crippen LogP contribution is 2.70. The van der Waals surface area contributed by atoms with Crippen molar-refractivity contribution in [3.63, 3.8) is 0 Å². The van der Waals surface area contributed by atoms with Gasteiger partial charge in [0.2, 0.25) is 0 Å². The number of alkyl halides is 30. The molecule has 0 aromatic heterocycles. The molecule has 69 heavy (non-hydrogen) atoms. The Labute approximate surface area is 375 Å². The van der Waals surface area contributed by atoms with Gasteiger partial charge in [0.25, 0.3) is 0 Å². The normalized spacial score (nSPS) is 17.8. The van der Waals surface area contributed by atoms with E-state index in [-0.39, 0.29) is 13.8 Å². The van der Waals surface area contributed by atoms with Gasteiger partial charge in [-0.1, -0.05) is 13.8 Å². The molecule has 0 amide bonds. The van der Waals surface area contributed by atoms with E-state index in [0.717, 1.165) is 0 Å². The summed E-state index contributed by atoms with van der Waals surface area (Å²) in [6.07, 6.45) is -9.30. The molecule has 0 saturated carbocycles. The molecule has 0 aromatic rings. The van der Waals surface area contributed by atoms with Crippen LogP contribution in [0, 0.1) is 0 Å². The van der Waals surface area contributed by atoms with Crippen LogP contribution in [-0.2, 0) is 26.6 Å². The third-order valence-corrected chi connectivity index (χ3v) is 17.2. The highest BCUT2D eigenvalue weighted by molar-refractivity contribution is 8.01. The van der Waals surface area contributed by atoms with Crippen LogP contribution < -0.4 is 0 Å². The predicted octanol–water partition coefficient (Wildman–Crippen LogP) is 13.3. The minimum atomic E-state index is -9.45. The van der Waals surface area contributed by atoms with Crippen molar-refractivity contribution in [3.05, 3.63) is 0 Å². The smallest absolute Gasteiger partial charge is 0.377 e. The number of halogens is 30. The third-order valence-electron chi connectivity index (χ3n) is 10.7. The molecule has 416 valence electrons. The summed E-state index contributed by atoms with van der Waals surface area (Å²) in [5, 5.41) is -17.7. The fraction of sp³-hybridized carbons (Fsp3) is 1.00. The lowest BCUT2D eigenvalue weighted by atomic mass is 9.82. The zero-order valence-corrected chi connectivity index (χ0v) is 38.3. The third kappa shape index (κ3) is 9.73. The van der Waals surface area contributed by atoms with Crippen LogP contribution >= 0.6 is 11.8 Å². The molecule has 39 heteroatoms. The van der Waals surface area contributed by atoms with E-state index in [2.05, 4.69) is 26.6 Å². The van der Waals surface area contributed by atoms with Gasteiger partial charge in [-0.25, -0.2) is 8.78 Å². The lowest BCUT2D eigenvalue weighted by Gasteiger charge is -2.46. The molecule has 0 heterocycles. The van der Waals surface area contributed by atoms with Crippen LogP contribution in [0.25, 0.3) is 0 Å². The molecule has 0 radical (unpaired) electrons. The zero-order chi connectivity index (χ0) is 56.2. The van der Waals surface area contributed by atoms with Crippen LogP contribution in [0.3, 0.4) is 0 Å². The molecule has 0 spiro atoms. The lowest BCUT2D eigenvalue weighted by molar-refractivity contribution is -0.445. The van der Waals surface area contributed by atoms with Crippen molar-refractivity contribution >= 4 is 29.4 Å². The van der Waals surface area contributed by atoms with E-state index >= 15 is 8.78 Å². The second-order valence-electron chi connectivity index (χ2n) is 14.3. The average Bonchev–Trinajstić information content (AvgIpc) is 3.23. The van der Waals surface area contributed by atoms with E-state index in [9.17, 15) is 123 Å². The van der Waals surface area contributed by atoms with Gasteiger partial charge in [-0.15, -0.1) is 0 Å². The van der Waals surface area contributed by atoms with Crippen molar-refractivity contribution in [3.8, 4) is 0 Å². The van der Waals surface area contributed by atoms with E-state index in [1.165, 1.54) is 0 Å². The summed E-state index contributed by atoms with van der Waals surface area (Å²) in [6.45, 7) is 0.0483. The van der Waals surface area contributed by atoms with Gasteiger partial charge in [0.05, 0.1) is 0 Å². The Morgan fingerprint density at radius 2 is 0.435 bits per heavy atom. The maximum atomic E-state index is 15.4. The minimum absolute atomic E-state index is 0.0241. The Hall–Kier alpha value is -1.56. The summed E-state index contributed by atoms with van der Waals surface area (Å²) in [7, 11) is -5.47. The topological polar surface area (TPSA) is 55.4 Å². The van der Waals surface area contributed by atoms with Crippen molar-refractivity contribution in [2.45, 2.75) is 145 Å². The molecule has 0 rings (SSSR count). The first-order chi connectivity index (χ1) is 30.1. The second-order valence-corrected chi connectivity index (χ2v) is 21.7. The highest BCUT2D eigenvalue weighted by atomic mass is 32.2. The zero-order valence-electron chi connectivity index (χ0n) is 35.4. The monoisotopic (exact) mass is 1150 g/mol. The molecule has 6 nitrogen and oxygen atoms in total. The fourth-order valence-corrected chi connectivity index (χ4v) is 10.2. The van der Waals surface area contributed by atoms with Crippen LogP contribution in [0.4, 0.5) is 132 Å². The second kappa shape index (κ2) is 19.9. The SMILES string of the molecule is CCC(F)(CC[Si](OC)(OC)OC)C(F)(F)C(F)(F)C(F)(F)C(F)(F)C(F)(F)C(F)(F)C(F)(F)SC(F)(F)C(F)(F)C(F)(F)C(F)(F)C(F)(F)C(F)(F)C(F)(F)C(F)(CC)CC[Si](OC)(OC)OC. The summed E-state index contributed by atoms with van der Waals surface area (Å²) in [4.78, 5) is 0. The molecule has 0 saturated heterocycles. The Bertz CT molecular complexity index is 1580. The Kier molecular flexibility index (Phi) is 19.5. The van der Waals surface area contributed by atoms with Gasteiger partial charge in [-0.3, -0.25) is 0 Å². The van der Waals surface area contributed by atoms with Gasteiger partial charge in [0, 0.05) is 54.7 Å². The average molecular weight is 1150 g/mol. The molecule has 0 fully saturated rings. The van der Waals surface area contributed by atoms with E-state index < -0.39 is 160 Å². The molecular weight excluding hydrogens is 1110 g/mol. The van der Waals surface area contributed by atoms with Gasteiger partial charge >= 0.3 is 99.2 Å². The van der Waals surface area contributed by atoms with E-state index in [4.69, 9.17) is 0 Å². The Morgan fingerprint density at radius 1 is 0.275 bits per heavy atom. The maximum Gasteiger partial charge on any atom is 0.500 e. The molecule has 0 N–H and O–H groups in total. The van der Waals surface area contributed by atoms with Crippen molar-refractivity contribution in [1.82, 2.24) is 0 Å². The predicted molar refractivity (Wildman–Crippen MR) is 178 cm³/mol. The first-order valence-corrected chi connectivity index (χ1v) is 22.5. The summed E-state index contributed by atoms with van der Waals surface area (Å²) in [5.41, 5.74) is -10.9. The first-order valence-electron chi connectivity index (χ1n) is 17.8. The standard InChI is InChI=1S/C30H36F30O6SSi2/c1-9-15(31,11-13-68(61-3,62-4)63-5)17(33,34)19(37,38)21(41,42)23(45,46)25(49,50)27(53,54)29(57,58)67-30(59,60)28(55,56)26(51,52)24(47,48)22(43,44)20(39,40)18(35,36)16(32,10-2)12-14-69(64-6,65-7)66-8/h9-14H2,1-8H3. The van der Waals surface area contributed by atoms with Crippen LogP contribution in [0.1, 0.15) is 39.5 Å². The lowest BCUT2D eigenvalue weighted by Crippen LogP contribution is -2.75. The number of hydrogen-bond acceptors (Lipinski definition) is 7. The summed E-state index contributed by atoms with van der Waals surface area (Å²) in [6, 6.07) is -3.11. The summed E-state index contributed by atoms with van der Waals surface area (Å²) in [5.74, 6) is -107. The molecule has 0 aliphatic heterocycles. The molecule has 0 bridgehead atoms. The molecule has 0 aliphatic rings. The number of thioether (sulfide) groups is 1. The summed E-state index contributed by atoms with van der Waals surface area (Å²) < 4.78 is 467. The highest BCUT2D eigenvalue weighted by Gasteiger charge is 2.97. The number of rotatable bonds is 30. The van der Waals surface area contributed by atoms with E-state index in [0.29, 0.717) is 42.7 Å². The number of hydrogen-bond donors (Lipinski definition) is 0. The van der Waals surface area contributed by atoms with Crippen molar-refractivity contribution in [1.29, 1.82) is 0 Å². The fourth-order valence-electron chi connectivity index (χ4n) is 5.72. The summed E-state index contributed by atoms with van der Waals surface area (Å²) >= 11 is -4.84. The van der Waals surface area contributed by atoms with Gasteiger partial charge in [-0.2, -0.15) is 123 Å². The van der Waals surface area contributed by atoms with Crippen LogP contribution in [0.15, 0.2) is 0 Å². The van der Waals surface area contributed by atoms with E-state index in [1.807, 2.05) is 0 Å². The molecular formula is C30H36F30O6SSi2. The minimum Gasteiger partial charge on any atom is -0.377 e. The van der Waals surface area contributed by atoms with Crippen LogP contribution in [0.2, 0.25) is 12.1 Å². The van der Waals surface area contributed by atoms with Crippen molar-refractivity contribution in [2.75, 3.05) is 42.7 Å². The first kappa shape index (κ1) is 67.4. The molecule has 0 aliphatic carbocycles. The molecule has 2 atom stereocenters. The largest absolute Gasteiger partial charge is 0.500 e. The van der Waals surface area contributed by atoms with Gasteiger partial charge in [-0.05, 0) is 37.4 Å². The van der Waals surface area contributed by atoms with Gasteiger partial charge in [0.1, 0.15) is 0 Å². The Morgan fingerprint density at radius 3 is 0.594 bits per heavy atom. The van der Waals surface area contributed by atoms with Crippen LogP contribution in [0.5, 0.6) is 0 Å². The van der Waals surface area contributed by atoms with Crippen LogP contribution in [-0.4, -0.2) is 153 Å². The maximum absolute atomic E-state index is 15.4. The van der Waals surface area contributed by atoms with Gasteiger partial charge in [0.15, 0.2) is 11.3 Å². The molecule has 0 aromatic carbocycles. The Balaban J connectivity index is 7.53.